The van der Waals surface area contributed by atoms with Gasteiger partial charge in [0, 0.05) is 37.4 Å². The van der Waals surface area contributed by atoms with Gasteiger partial charge in [-0.25, -0.2) is 17.8 Å². The molecule has 1 saturated heterocycles. The second kappa shape index (κ2) is 7.40. The lowest BCUT2D eigenvalue weighted by Gasteiger charge is -2.39. The predicted molar refractivity (Wildman–Crippen MR) is 96.4 cm³/mol. The number of rotatable bonds is 4. The Morgan fingerprint density at radius 2 is 2.04 bits per heavy atom. The fourth-order valence-corrected chi connectivity index (χ4v) is 4.95. The number of nitrogens with zero attached hydrogens (tertiary/aromatic N) is 4. The molecular weight excluding hydrogens is 355 g/mol. The van der Waals surface area contributed by atoms with Crippen molar-refractivity contribution >= 4 is 15.8 Å². The summed E-state index contributed by atoms with van der Waals surface area (Å²) in [7, 11) is -3.65. The van der Waals surface area contributed by atoms with Crippen molar-refractivity contribution < 1.29 is 12.8 Å². The van der Waals surface area contributed by atoms with Crippen molar-refractivity contribution in [1.29, 1.82) is 5.26 Å². The van der Waals surface area contributed by atoms with Crippen LogP contribution in [0.4, 0.5) is 10.2 Å². The minimum Gasteiger partial charge on any atom is -0.353 e. The van der Waals surface area contributed by atoms with Crippen molar-refractivity contribution in [3.05, 3.63) is 59.5 Å². The summed E-state index contributed by atoms with van der Waals surface area (Å²) >= 11 is 0. The third-order valence-electron chi connectivity index (χ3n) is 4.43. The number of hydrogen-bond donors (Lipinski definition) is 0. The Labute approximate surface area is 152 Å². The van der Waals surface area contributed by atoms with Crippen molar-refractivity contribution in [2.75, 3.05) is 24.5 Å². The number of piperazine rings is 1. The number of anilines is 1. The summed E-state index contributed by atoms with van der Waals surface area (Å²) in [6, 6.07) is 11.1. The molecule has 26 heavy (non-hydrogen) atoms. The molecule has 1 aliphatic rings. The summed E-state index contributed by atoms with van der Waals surface area (Å²) < 4.78 is 40.7. The Hall–Kier alpha value is -2.50. The summed E-state index contributed by atoms with van der Waals surface area (Å²) in [5.74, 6) is -0.320. The summed E-state index contributed by atoms with van der Waals surface area (Å²) in [5.41, 5.74) is 0.626. The summed E-state index contributed by atoms with van der Waals surface area (Å²) in [5, 5.41) is 9.23. The Balaban J connectivity index is 1.76. The van der Waals surface area contributed by atoms with Gasteiger partial charge in [0.2, 0.25) is 10.0 Å². The minimum atomic E-state index is -3.65. The fraction of sp³-hybridized carbons (Fsp3) is 0.333. The molecule has 0 bridgehead atoms. The van der Waals surface area contributed by atoms with Crippen LogP contribution in [-0.4, -0.2) is 43.4 Å². The van der Waals surface area contributed by atoms with E-state index in [4.69, 9.17) is 0 Å². The first-order chi connectivity index (χ1) is 12.4. The van der Waals surface area contributed by atoms with Crippen LogP contribution >= 0.6 is 0 Å². The van der Waals surface area contributed by atoms with Gasteiger partial charge in [0.25, 0.3) is 0 Å². The fourth-order valence-electron chi connectivity index (χ4n) is 3.18. The molecule has 0 saturated carbocycles. The Kier molecular flexibility index (Phi) is 5.20. The van der Waals surface area contributed by atoms with Gasteiger partial charge in [-0.15, -0.1) is 0 Å². The Bertz CT molecular complexity index is 942. The zero-order valence-electron chi connectivity index (χ0n) is 14.3. The smallest absolute Gasteiger partial charge is 0.218 e. The van der Waals surface area contributed by atoms with E-state index >= 15 is 0 Å². The average Bonchev–Trinajstić information content (AvgIpc) is 2.63. The molecular formula is C18H19FN4O2S. The highest BCUT2D eigenvalue weighted by Gasteiger charge is 2.34. The SMILES string of the molecule is CC1CN(c2ncccc2C#N)CCN1S(=O)(=O)Cc1ccccc1F. The molecule has 2 aromatic rings. The number of halogens is 1. The lowest BCUT2D eigenvalue weighted by molar-refractivity contribution is 0.305. The number of pyridine rings is 1. The quantitative estimate of drug-likeness (QED) is 0.819. The maximum atomic E-state index is 13.8. The van der Waals surface area contributed by atoms with Crippen LogP contribution in [-0.2, 0) is 15.8 Å². The Morgan fingerprint density at radius 3 is 2.73 bits per heavy atom. The highest BCUT2D eigenvalue weighted by molar-refractivity contribution is 7.88. The molecule has 3 rings (SSSR count). The van der Waals surface area contributed by atoms with Crippen molar-refractivity contribution in [3.8, 4) is 6.07 Å². The van der Waals surface area contributed by atoms with Crippen LogP contribution in [0.1, 0.15) is 18.1 Å². The minimum absolute atomic E-state index is 0.165. The zero-order chi connectivity index (χ0) is 18.7. The highest BCUT2D eigenvalue weighted by Crippen LogP contribution is 2.24. The van der Waals surface area contributed by atoms with Crippen LogP contribution in [0, 0.1) is 17.1 Å². The van der Waals surface area contributed by atoms with E-state index in [2.05, 4.69) is 11.1 Å². The molecule has 0 spiro atoms. The third kappa shape index (κ3) is 3.69. The van der Waals surface area contributed by atoms with E-state index in [9.17, 15) is 18.1 Å². The van der Waals surface area contributed by atoms with Gasteiger partial charge in [-0.3, -0.25) is 0 Å². The van der Waals surface area contributed by atoms with E-state index in [1.54, 1.807) is 31.3 Å². The number of hydrogen-bond acceptors (Lipinski definition) is 5. The van der Waals surface area contributed by atoms with Gasteiger partial charge in [-0.1, -0.05) is 18.2 Å². The van der Waals surface area contributed by atoms with E-state index in [0.717, 1.165) is 0 Å². The monoisotopic (exact) mass is 374 g/mol. The van der Waals surface area contributed by atoms with Crippen LogP contribution in [0.15, 0.2) is 42.6 Å². The van der Waals surface area contributed by atoms with Crippen molar-refractivity contribution in [2.24, 2.45) is 0 Å². The van der Waals surface area contributed by atoms with Gasteiger partial charge >= 0.3 is 0 Å². The average molecular weight is 374 g/mol. The van der Waals surface area contributed by atoms with Gasteiger partial charge < -0.3 is 4.90 Å². The summed E-state index contributed by atoms with van der Waals surface area (Å²) in [4.78, 5) is 6.18. The van der Waals surface area contributed by atoms with Crippen LogP contribution in [0.3, 0.4) is 0 Å². The highest BCUT2D eigenvalue weighted by atomic mass is 32.2. The molecule has 0 aliphatic carbocycles. The van der Waals surface area contributed by atoms with E-state index in [0.29, 0.717) is 24.5 Å². The molecule has 6 nitrogen and oxygen atoms in total. The van der Waals surface area contributed by atoms with Crippen LogP contribution < -0.4 is 4.90 Å². The lowest BCUT2D eigenvalue weighted by atomic mass is 10.2. The molecule has 0 N–H and O–H groups in total. The summed E-state index contributed by atoms with van der Waals surface area (Å²) in [6.07, 6.45) is 1.61. The second-order valence-electron chi connectivity index (χ2n) is 6.24. The van der Waals surface area contributed by atoms with Gasteiger partial charge in [0.1, 0.15) is 17.7 Å². The molecule has 1 fully saturated rings. The maximum absolute atomic E-state index is 13.8. The zero-order valence-corrected chi connectivity index (χ0v) is 15.2. The third-order valence-corrected chi connectivity index (χ3v) is 6.36. The van der Waals surface area contributed by atoms with Crippen LogP contribution in [0.2, 0.25) is 0 Å². The van der Waals surface area contributed by atoms with Crippen molar-refractivity contribution in [3.63, 3.8) is 0 Å². The van der Waals surface area contributed by atoms with Crippen molar-refractivity contribution in [2.45, 2.75) is 18.7 Å². The normalized spacial score (nSPS) is 18.5. The molecule has 1 aromatic carbocycles. The molecule has 0 radical (unpaired) electrons. The molecule has 136 valence electrons. The number of aromatic nitrogens is 1. The van der Waals surface area contributed by atoms with E-state index in [1.807, 2.05) is 4.90 Å². The van der Waals surface area contributed by atoms with Gasteiger partial charge in [-0.05, 0) is 25.1 Å². The van der Waals surface area contributed by atoms with Gasteiger partial charge in [0.05, 0.1) is 11.3 Å². The molecule has 1 atom stereocenters. The van der Waals surface area contributed by atoms with Crippen molar-refractivity contribution in [1.82, 2.24) is 9.29 Å². The van der Waals surface area contributed by atoms with Gasteiger partial charge in [-0.2, -0.15) is 9.57 Å². The molecule has 0 amide bonds. The molecule has 8 heteroatoms. The van der Waals surface area contributed by atoms with E-state index < -0.39 is 15.8 Å². The number of sulfonamides is 1. The largest absolute Gasteiger partial charge is 0.353 e. The predicted octanol–water partition coefficient (Wildman–Crippen LogP) is 2.13. The number of nitriles is 1. The van der Waals surface area contributed by atoms with Crippen LogP contribution in [0.25, 0.3) is 0 Å². The molecule has 2 heterocycles. The Morgan fingerprint density at radius 1 is 1.27 bits per heavy atom. The first-order valence-corrected chi connectivity index (χ1v) is 9.86. The van der Waals surface area contributed by atoms with Gasteiger partial charge in [0.15, 0.2) is 0 Å². The molecule has 1 aromatic heterocycles. The molecule has 1 unspecified atom stereocenters. The standard InChI is InChI=1S/C18H19FN4O2S/c1-14-12-22(18-15(11-20)6-4-8-21-18)9-10-23(14)26(24,25)13-16-5-2-3-7-17(16)19/h2-8,14H,9-10,12-13H2,1H3. The topological polar surface area (TPSA) is 77.3 Å². The van der Waals surface area contributed by atoms with E-state index in [-0.39, 0.29) is 23.9 Å². The maximum Gasteiger partial charge on any atom is 0.218 e. The number of benzene rings is 1. The van der Waals surface area contributed by atoms with Crippen LogP contribution in [0.5, 0.6) is 0 Å². The molecule has 1 aliphatic heterocycles. The first kappa shape index (κ1) is 18.3. The summed E-state index contributed by atoms with van der Waals surface area (Å²) in [6.45, 7) is 2.91. The second-order valence-corrected chi connectivity index (χ2v) is 8.16. The lowest BCUT2D eigenvalue weighted by Crippen LogP contribution is -2.54. The van der Waals surface area contributed by atoms with E-state index in [1.165, 1.54) is 22.5 Å². The first-order valence-electron chi connectivity index (χ1n) is 8.25.